The summed E-state index contributed by atoms with van der Waals surface area (Å²) in [6.07, 6.45) is 1.08. The van der Waals surface area contributed by atoms with Crippen molar-refractivity contribution in [2.45, 2.75) is 33.6 Å². The molecule has 8 nitrogen and oxygen atoms in total. The summed E-state index contributed by atoms with van der Waals surface area (Å²) in [5.41, 5.74) is 2.87. The molecule has 0 bridgehead atoms. The van der Waals surface area contributed by atoms with E-state index in [2.05, 4.69) is 34.5 Å². The lowest BCUT2D eigenvalue weighted by atomic mass is 10.1. The summed E-state index contributed by atoms with van der Waals surface area (Å²) in [5.74, 6) is 1.05. The molecule has 28 heavy (non-hydrogen) atoms. The second-order valence-electron chi connectivity index (χ2n) is 6.87. The van der Waals surface area contributed by atoms with Crippen molar-refractivity contribution in [1.82, 2.24) is 25.3 Å². The molecule has 1 aromatic carbocycles. The van der Waals surface area contributed by atoms with Crippen LogP contribution in [-0.2, 0) is 6.42 Å². The number of hydrogen-bond donors (Lipinski definition) is 1. The van der Waals surface area contributed by atoms with Crippen LogP contribution in [0.3, 0.4) is 0 Å². The monoisotopic (exact) mass is 378 g/mol. The van der Waals surface area contributed by atoms with Gasteiger partial charge in [-0.15, -0.1) is 10.2 Å². The summed E-state index contributed by atoms with van der Waals surface area (Å²) in [6.45, 7) is 6.32. The summed E-state index contributed by atoms with van der Waals surface area (Å²) < 4.78 is 7.31. The maximum Gasteiger partial charge on any atom is 0.268 e. The van der Waals surface area contributed by atoms with Crippen molar-refractivity contribution in [1.29, 1.82) is 5.26 Å². The Morgan fingerprint density at radius 3 is 2.82 bits per heavy atom. The van der Waals surface area contributed by atoms with E-state index in [-0.39, 0.29) is 12.3 Å². The summed E-state index contributed by atoms with van der Waals surface area (Å²) in [6, 6.07) is 11.2. The fourth-order valence-corrected chi connectivity index (χ4v) is 2.82. The molecule has 0 unspecified atom stereocenters. The number of aryl methyl sites for hydroxylation is 1. The molecular formula is C20H22N6O2. The number of rotatable bonds is 7. The maximum atomic E-state index is 12.3. The first-order valence-electron chi connectivity index (χ1n) is 9.13. The van der Waals surface area contributed by atoms with Crippen LogP contribution in [0, 0.1) is 24.2 Å². The van der Waals surface area contributed by atoms with Gasteiger partial charge < -0.3 is 9.73 Å². The Hall–Kier alpha value is -3.47. The molecule has 0 radical (unpaired) electrons. The number of amides is 1. The normalized spacial score (nSPS) is 10.8. The van der Waals surface area contributed by atoms with Crippen LogP contribution in [0.5, 0.6) is 0 Å². The van der Waals surface area contributed by atoms with E-state index >= 15 is 0 Å². The number of benzene rings is 1. The van der Waals surface area contributed by atoms with Gasteiger partial charge >= 0.3 is 0 Å². The van der Waals surface area contributed by atoms with Crippen LogP contribution in [0.2, 0.25) is 0 Å². The molecule has 1 N–H and O–H groups in total. The highest BCUT2D eigenvalue weighted by Gasteiger charge is 2.17. The smallest absolute Gasteiger partial charge is 0.268 e. The minimum Gasteiger partial charge on any atom is -0.420 e. The Balaban J connectivity index is 1.95. The molecule has 8 heteroatoms. The first kappa shape index (κ1) is 19.3. The molecule has 144 valence electrons. The number of hydrogen-bond acceptors (Lipinski definition) is 6. The lowest BCUT2D eigenvalue weighted by Crippen LogP contribution is -2.24. The number of nitrogens with one attached hydrogen (secondary N) is 1. The quantitative estimate of drug-likeness (QED) is 0.633. The number of nitrogens with zero attached hydrogens (tertiary/aromatic N) is 5. The van der Waals surface area contributed by atoms with Crippen LogP contribution < -0.4 is 5.32 Å². The van der Waals surface area contributed by atoms with Crippen molar-refractivity contribution >= 4 is 5.91 Å². The molecule has 0 saturated heterocycles. The summed E-state index contributed by atoms with van der Waals surface area (Å²) in [7, 11) is 0. The lowest BCUT2D eigenvalue weighted by Gasteiger charge is -2.11. The van der Waals surface area contributed by atoms with Crippen molar-refractivity contribution in [2.75, 3.05) is 6.54 Å². The Morgan fingerprint density at radius 1 is 1.32 bits per heavy atom. The number of nitriles is 1. The highest BCUT2D eigenvalue weighted by atomic mass is 16.4. The zero-order valence-electron chi connectivity index (χ0n) is 16.1. The fraction of sp³-hybridized carbons (Fsp3) is 0.350. The third-order valence-corrected chi connectivity index (χ3v) is 4.02. The van der Waals surface area contributed by atoms with E-state index in [9.17, 15) is 4.79 Å². The van der Waals surface area contributed by atoms with Crippen LogP contribution in [0.25, 0.3) is 17.3 Å². The standard InChI is InChI=1S/C20H22N6O2/c1-13(2)10-17-12-18(20-24-23-14(3)28-20)25-26(17)16-7-4-6-15(11-16)19(27)22-9-5-8-21/h4,6-7,11-13H,5,9-10H2,1-3H3,(H,22,27). The van der Waals surface area contributed by atoms with Crippen LogP contribution in [0.1, 0.15) is 42.2 Å². The molecule has 0 spiro atoms. The van der Waals surface area contributed by atoms with Gasteiger partial charge in [-0.2, -0.15) is 10.4 Å². The van der Waals surface area contributed by atoms with E-state index in [0.29, 0.717) is 35.5 Å². The van der Waals surface area contributed by atoms with Gasteiger partial charge in [-0.25, -0.2) is 4.68 Å². The lowest BCUT2D eigenvalue weighted by molar-refractivity contribution is 0.0954. The Labute approximate surface area is 163 Å². The van der Waals surface area contributed by atoms with Gasteiger partial charge in [-0.05, 0) is 36.6 Å². The molecule has 0 aliphatic heterocycles. The molecule has 0 atom stereocenters. The van der Waals surface area contributed by atoms with Crippen molar-refractivity contribution in [3.05, 3.63) is 47.5 Å². The summed E-state index contributed by atoms with van der Waals surface area (Å²) in [4.78, 5) is 12.3. The van der Waals surface area contributed by atoms with Gasteiger partial charge in [0.1, 0.15) is 5.69 Å². The Kier molecular flexibility index (Phi) is 5.84. The third-order valence-electron chi connectivity index (χ3n) is 4.02. The minimum atomic E-state index is -0.220. The van der Waals surface area contributed by atoms with Gasteiger partial charge in [-0.1, -0.05) is 19.9 Å². The number of carbonyl (C=O) groups excluding carboxylic acids is 1. The molecule has 2 aromatic heterocycles. The number of carbonyl (C=O) groups is 1. The predicted octanol–water partition coefficient (Wildman–Crippen LogP) is 3.07. The van der Waals surface area contributed by atoms with E-state index in [1.54, 1.807) is 23.7 Å². The van der Waals surface area contributed by atoms with E-state index in [1.807, 2.05) is 24.3 Å². The molecular weight excluding hydrogens is 356 g/mol. The molecule has 3 aromatic rings. The first-order chi connectivity index (χ1) is 13.5. The highest BCUT2D eigenvalue weighted by Crippen LogP contribution is 2.23. The molecule has 0 fully saturated rings. The van der Waals surface area contributed by atoms with Gasteiger partial charge in [-0.3, -0.25) is 4.79 Å². The zero-order valence-corrected chi connectivity index (χ0v) is 16.1. The van der Waals surface area contributed by atoms with E-state index in [0.717, 1.165) is 17.8 Å². The Morgan fingerprint density at radius 2 is 2.14 bits per heavy atom. The average Bonchev–Trinajstić information content (AvgIpc) is 3.28. The highest BCUT2D eigenvalue weighted by molar-refractivity contribution is 5.94. The van der Waals surface area contributed by atoms with Crippen molar-refractivity contribution in [3.63, 3.8) is 0 Å². The topological polar surface area (TPSA) is 110 Å². The zero-order chi connectivity index (χ0) is 20.1. The van der Waals surface area contributed by atoms with Crippen LogP contribution in [0.4, 0.5) is 0 Å². The molecule has 0 saturated carbocycles. The second-order valence-corrected chi connectivity index (χ2v) is 6.87. The molecule has 0 aliphatic rings. The van der Waals surface area contributed by atoms with Gasteiger partial charge in [0.25, 0.3) is 11.8 Å². The van der Waals surface area contributed by atoms with E-state index < -0.39 is 0 Å². The summed E-state index contributed by atoms with van der Waals surface area (Å²) in [5, 5.41) is 23.9. The van der Waals surface area contributed by atoms with Crippen LogP contribution in [-0.4, -0.2) is 32.4 Å². The van der Waals surface area contributed by atoms with Crippen LogP contribution >= 0.6 is 0 Å². The molecule has 3 rings (SSSR count). The first-order valence-corrected chi connectivity index (χ1v) is 9.13. The fourth-order valence-electron chi connectivity index (χ4n) is 2.82. The maximum absolute atomic E-state index is 12.3. The average molecular weight is 378 g/mol. The SMILES string of the molecule is Cc1nnc(-c2cc(CC(C)C)n(-c3cccc(C(=O)NCCC#N)c3)n2)o1. The molecule has 1 amide bonds. The third kappa shape index (κ3) is 4.43. The van der Waals surface area contributed by atoms with Crippen molar-refractivity contribution < 1.29 is 9.21 Å². The van der Waals surface area contributed by atoms with Crippen molar-refractivity contribution in [2.24, 2.45) is 5.92 Å². The van der Waals surface area contributed by atoms with Gasteiger partial charge in [0.05, 0.1) is 18.2 Å². The van der Waals surface area contributed by atoms with Gasteiger partial charge in [0, 0.05) is 24.7 Å². The predicted molar refractivity (Wildman–Crippen MR) is 103 cm³/mol. The minimum absolute atomic E-state index is 0.220. The van der Waals surface area contributed by atoms with Crippen molar-refractivity contribution in [3.8, 4) is 23.3 Å². The van der Waals surface area contributed by atoms with Gasteiger partial charge in [0.15, 0.2) is 0 Å². The molecule has 2 heterocycles. The van der Waals surface area contributed by atoms with Gasteiger partial charge in [0.2, 0.25) is 5.89 Å². The van der Waals surface area contributed by atoms with E-state index in [1.165, 1.54) is 0 Å². The largest absolute Gasteiger partial charge is 0.420 e. The van der Waals surface area contributed by atoms with E-state index in [4.69, 9.17) is 9.68 Å². The Bertz CT molecular complexity index is 1010. The second kappa shape index (κ2) is 8.48. The summed E-state index contributed by atoms with van der Waals surface area (Å²) >= 11 is 0. The van der Waals surface area contributed by atoms with Crippen LogP contribution in [0.15, 0.2) is 34.7 Å². The molecule has 0 aliphatic carbocycles. The number of aromatic nitrogens is 4.